The second kappa shape index (κ2) is 5.59. The van der Waals surface area contributed by atoms with Crippen molar-refractivity contribution in [3.63, 3.8) is 0 Å². The Balaban J connectivity index is 2.28. The molecule has 0 amide bonds. The smallest absolute Gasteiger partial charge is 0.310 e. The first-order chi connectivity index (χ1) is 9.10. The van der Waals surface area contributed by atoms with Gasteiger partial charge in [0.15, 0.2) is 0 Å². The molecule has 0 fully saturated rings. The zero-order valence-electron chi connectivity index (χ0n) is 11.5. The summed E-state index contributed by atoms with van der Waals surface area (Å²) in [5, 5.41) is 0. The molecule has 5 atom stereocenters. The Morgan fingerprint density at radius 2 is 1.68 bits per heavy atom. The van der Waals surface area contributed by atoms with Crippen LogP contribution in [0.15, 0.2) is 24.3 Å². The van der Waals surface area contributed by atoms with E-state index in [1.807, 2.05) is 12.2 Å². The highest BCUT2D eigenvalue weighted by atomic mass is 16.5. The van der Waals surface area contributed by atoms with E-state index in [0.717, 1.165) is 0 Å². The molecule has 0 radical (unpaired) electrons. The fraction of sp³-hybridized carbons (Fsp3) is 0.600. The van der Waals surface area contributed by atoms with Crippen molar-refractivity contribution in [1.82, 2.24) is 0 Å². The quantitative estimate of drug-likeness (QED) is 0.577. The fourth-order valence-corrected chi connectivity index (χ4v) is 3.08. The summed E-state index contributed by atoms with van der Waals surface area (Å²) in [6.07, 6.45) is 8.79. The Bertz CT molecular complexity index is 424. The monoisotopic (exact) mass is 264 g/mol. The number of allylic oxidation sites excluding steroid dienone is 4. The molecule has 0 aromatic heterocycles. The van der Waals surface area contributed by atoms with Crippen LogP contribution in [-0.2, 0) is 19.1 Å². The third-order valence-corrected chi connectivity index (χ3v) is 4.26. The van der Waals surface area contributed by atoms with Gasteiger partial charge in [-0.05, 0) is 24.2 Å². The van der Waals surface area contributed by atoms with Crippen molar-refractivity contribution >= 4 is 11.9 Å². The summed E-state index contributed by atoms with van der Waals surface area (Å²) < 4.78 is 9.72. The summed E-state index contributed by atoms with van der Waals surface area (Å²) in [6.45, 7) is 2.12. The van der Waals surface area contributed by atoms with Crippen molar-refractivity contribution in [2.45, 2.75) is 13.3 Å². The maximum atomic E-state index is 12.1. The third kappa shape index (κ3) is 2.44. The molecule has 5 unspecified atom stereocenters. The molecule has 2 aliphatic carbocycles. The van der Waals surface area contributed by atoms with Gasteiger partial charge in [-0.3, -0.25) is 9.59 Å². The van der Waals surface area contributed by atoms with Crippen LogP contribution >= 0.6 is 0 Å². The molecule has 2 aliphatic rings. The first kappa shape index (κ1) is 13.8. The van der Waals surface area contributed by atoms with Gasteiger partial charge in [0, 0.05) is 0 Å². The number of hydrogen-bond acceptors (Lipinski definition) is 4. The summed E-state index contributed by atoms with van der Waals surface area (Å²) in [6, 6.07) is 0. The summed E-state index contributed by atoms with van der Waals surface area (Å²) >= 11 is 0. The van der Waals surface area contributed by atoms with Crippen LogP contribution in [0.2, 0.25) is 0 Å². The molecule has 0 heterocycles. The molecule has 0 saturated heterocycles. The maximum Gasteiger partial charge on any atom is 0.310 e. The van der Waals surface area contributed by atoms with Gasteiger partial charge in [0.2, 0.25) is 0 Å². The largest absolute Gasteiger partial charge is 0.469 e. The Kier molecular flexibility index (Phi) is 4.08. The van der Waals surface area contributed by atoms with E-state index >= 15 is 0 Å². The fourth-order valence-electron chi connectivity index (χ4n) is 3.08. The van der Waals surface area contributed by atoms with E-state index in [1.54, 1.807) is 0 Å². The van der Waals surface area contributed by atoms with Gasteiger partial charge in [-0.15, -0.1) is 0 Å². The van der Waals surface area contributed by atoms with Crippen LogP contribution in [0, 0.1) is 29.6 Å². The summed E-state index contributed by atoms with van der Waals surface area (Å²) in [7, 11) is 2.72. The molecule has 0 aromatic carbocycles. The molecule has 2 rings (SSSR count). The molecule has 0 saturated carbocycles. The highest BCUT2D eigenvalue weighted by Gasteiger charge is 2.45. The molecule has 0 N–H and O–H groups in total. The number of hydrogen-bond donors (Lipinski definition) is 0. The van der Waals surface area contributed by atoms with Crippen molar-refractivity contribution in [3.05, 3.63) is 24.3 Å². The Morgan fingerprint density at radius 1 is 1.00 bits per heavy atom. The van der Waals surface area contributed by atoms with Crippen molar-refractivity contribution in [2.75, 3.05) is 14.2 Å². The van der Waals surface area contributed by atoms with Gasteiger partial charge < -0.3 is 9.47 Å². The van der Waals surface area contributed by atoms with Crippen LogP contribution in [0.5, 0.6) is 0 Å². The van der Waals surface area contributed by atoms with Crippen molar-refractivity contribution in [1.29, 1.82) is 0 Å². The highest BCUT2D eigenvalue weighted by molar-refractivity contribution is 5.83. The van der Waals surface area contributed by atoms with Gasteiger partial charge in [0.1, 0.15) is 0 Å². The average molecular weight is 264 g/mol. The van der Waals surface area contributed by atoms with Crippen molar-refractivity contribution < 1.29 is 19.1 Å². The Morgan fingerprint density at radius 3 is 2.16 bits per heavy atom. The number of rotatable bonds is 3. The lowest BCUT2D eigenvalue weighted by molar-refractivity contribution is -0.160. The SMILES string of the molecule is COC(=O)C1CC=CC(C2C=CC2C)C1C(=O)OC. The van der Waals surface area contributed by atoms with E-state index < -0.39 is 11.8 Å². The standard InChI is InChI=1S/C15H20O4/c1-9-7-8-10(9)11-5-4-6-12(14(16)18-2)13(11)15(17)19-3/h4-5,7-13H,6H2,1-3H3. The molecule has 19 heavy (non-hydrogen) atoms. The number of carbonyl (C=O) groups excluding carboxylic acids is 2. The predicted molar refractivity (Wildman–Crippen MR) is 70.1 cm³/mol. The second-order valence-electron chi connectivity index (χ2n) is 5.24. The van der Waals surface area contributed by atoms with E-state index in [0.29, 0.717) is 18.3 Å². The van der Waals surface area contributed by atoms with Crippen molar-refractivity contribution in [3.8, 4) is 0 Å². The molecular weight excluding hydrogens is 244 g/mol. The zero-order valence-corrected chi connectivity index (χ0v) is 11.5. The average Bonchev–Trinajstić information content (AvgIpc) is 2.43. The summed E-state index contributed by atoms with van der Waals surface area (Å²) in [5.74, 6) is -0.789. The molecule has 4 nitrogen and oxygen atoms in total. The van der Waals surface area contributed by atoms with Crippen LogP contribution < -0.4 is 0 Å². The lowest BCUT2D eigenvalue weighted by Gasteiger charge is -2.40. The molecular formula is C15H20O4. The van der Waals surface area contributed by atoms with Gasteiger partial charge in [-0.2, -0.15) is 0 Å². The maximum absolute atomic E-state index is 12.1. The Hall–Kier alpha value is -1.58. The molecule has 4 heteroatoms. The topological polar surface area (TPSA) is 52.6 Å². The number of ether oxygens (including phenoxy) is 2. The number of methoxy groups -OCH3 is 2. The number of esters is 2. The first-order valence-corrected chi connectivity index (χ1v) is 6.60. The van der Waals surface area contributed by atoms with Crippen molar-refractivity contribution in [2.24, 2.45) is 29.6 Å². The minimum absolute atomic E-state index is 0.0188. The molecule has 0 spiro atoms. The zero-order chi connectivity index (χ0) is 14.0. The van der Waals surface area contributed by atoms with E-state index in [-0.39, 0.29) is 17.9 Å². The normalized spacial score (nSPS) is 36.5. The predicted octanol–water partition coefficient (Wildman–Crippen LogP) is 1.96. The molecule has 0 bridgehead atoms. The Labute approximate surface area is 113 Å². The molecule has 104 valence electrons. The van der Waals surface area contributed by atoms with Gasteiger partial charge in [0.05, 0.1) is 26.1 Å². The van der Waals surface area contributed by atoms with Gasteiger partial charge in [-0.25, -0.2) is 0 Å². The van der Waals surface area contributed by atoms with E-state index in [1.165, 1.54) is 14.2 Å². The van der Waals surface area contributed by atoms with Crippen LogP contribution in [0.3, 0.4) is 0 Å². The number of carbonyl (C=O) groups is 2. The van der Waals surface area contributed by atoms with Crippen LogP contribution in [-0.4, -0.2) is 26.2 Å². The lowest BCUT2D eigenvalue weighted by Crippen LogP contribution is -2.42. The van der Waals surface area contributed by atoms with Crippen LogP contribution in [0.4, 0.5) is 0 Å². The minimum Gasteiger partial charge on any atom is -0.469 e. The first-order valence-electron chi connectivity index (χ1n) is 6.60. The van der Waals surface area contributed by atoms with E-state index in [4.69, 9.17) is 9.47 Å². The molecule has 0 aromatic rings. The summed E-state index contributed by atoms with van der Waals surface area (Å²) in [5.41, 5.74) is 0. The second-order valence-corrected chi connectivity index (χ2v) is 5.24. The summed E-state index contributed by atoms with van der Waals surface area (Å²) in [4.78, 5) is 23.9. The lowest BCUT2D eigenvalue weighted by atomic mass is 9.64. The van der Waals surface area contributed by atoms with Gasteiger partial charge in [-0.1, -0.05) is 31.2 Å². The van der Waals surface area contributed by atoms with E-state index in [9.17, 15) is 9.59 Å². The minimum atomic E-state index is -0.445. The van der Waals surface area contributed by atoms with Gasteiger partial charge >= 0.3 is 11.9 Å². The van der Waals surface area contributed by atoms with Gasteiger partial charge in [0.25, 0.3) is 0 Å². The van der Waals surface area contributed by atoms with Crippen LogP contribution in [0.25, 0.3) is 0 Å². The van der Waals surface area contributed by atoms with Crippen LogP contribution in [0.1, 0.15) is 13.3 Å². The third-order valence-electron chi connectivity index (χ3n) is 4.26. The highest BCUT2D eigenvalue weighted by Crippen LogP contribution is 2.43. The molecule has 0 aliphatic heterocycles. The van der Waals surface area contributed by atoms with E-state index in [2.05, 4.69) is 19.1 Å².